The number of nitrogens with two attached hydrogens (primary N) is 1. The molecule has 0 aromatic carbocycles. The number of hydrogen-bond donors (Lipinski definition) is 2. The number of carbonyl (C=O) groups excluding carboxylic acids is 1. The zero-order valence-corrected chi connectivity index (χ0v) is 12.0. The van der Waals surface area contributed by atoms with E-state index in [1.54, 1.807) is 18.3 Å². The second-order valence-electron chi connectivity index (χ2n) is 5.42. The number of amides is 1. The van der Waals surface area contributed by atoms with Gasteiger partial charge in [0.2, 0.25) is 0 Å². The van der Waals surface area contributed by atoms with E-state index in [4.69, 9.17) is 10.5 Å². The highest BCUT2D eigenvalue weighted by Gasteiger charge is 2.45. The molecule has 9 heteroatoms. The van der Waals surface area contributed by atoms with Crippen LogP contribution in [0.15, 0.2) is 24.5 Å². The molecule has 0 saturated carbocycles. The summed E-state index contributed by atoms with van der Waals surface area (Å²) in [6.07, 6.45) is -3.57. The van der Waals surface area contributed by atoms with E-state index in [0.29, 0.717) is 16.8 Å². The number of halogens is 3. The number of nitrogens with one attached hydrogen (secondary N) is 1. The van der Waals surface area contributed by atoms with Crippen LogP contribution >= 0.6 is 0 Å². The van der Waals surface area contributed by atoms with Crippen molar-refractivity contribution in [2.45, 2.75) is 31.2 Å². The van der Waals surface area contributed by atoms with Crippen LogP contribution in [0.2, 0.25) is 0 Å². The Hall–Kier alpha value is -2.29. The first kappa shape index (κ1) is 15.6. The van der Waals surface area contributed by atoms with Gasteiger partial charge >= 0.3 is 6.18 Å². The minimum absolute atomic E-state index is 0.0189. The molecule has 0 aliphatic carbocycles. The average Bonchev–Trinajstić information content (AvgIpc) is 3.10. The number of fused-ring (bicyclic) bond motifs is 1. The van der Waals surface area contributed by atoms with Crippen LogP contribution in [0.3, 0.4) is 0 Å². The van der Waals surface area contributed by atoms with E-state index in [1.807, 2.05) is 0 Å². The van der Waals surface area contributed by atoms with E-state index in [9.17, 15) is 18.0 Å². The molecule has 1 fully saturated rings. The van der Waals surface area contributed by atoms with Gasteiger partial charge in [0.15, 0.2) is 6.10 Å². The molecule has 23 heavy (non-hydrogen) atoms. The van der Waals surface area contributed by atoms with Crippen molar-refractivity contribution < 1.29 is 22.7 Å². The molecular weight excluding hydrogens is 313 g/mol. The zero-order chi connectivity index (χ0) is 16.6. The van der Waals surface area contributed by atoms with Gasteiger partial charge in [-0.25, -0.2) is 4.52 Å². The van der Waals surface area contributed by atoms with Crippen LogP contribution in [0, 0.1) is 0 Å². The number of aromatic nitrogens is 2. The summed E-state index contributed by atoms with van der Waals surface area (Å²) in [6.45, 7) is 0.0189. The molecule has 2 atom stereocenters. The van der Waals surface area contributed by atoms with Crippen LogP contribution in [-0.2, 0) is 4.74 Å². The Morgan fingerprint density at radius 3 is 2.96 bits per heavy atom. The number of nitrogen functional groups attached to an aromatic ring is 1. The summed E-state index contributed by atoms with van der Waals surface area (Å²) >= 11 is 0. The molecule has 0 radical (unpaired) electrons. The minimum atomic E-state index is -4.36. The number of alkyl halides is 3. The molecule has 1 aliphatic heterocycles. The molecule has 0 bridgehead atoms. The van der Waals surface area contributed by atoms with Crippen LogP contribution in [0.4, 0.5) is 18.9 Å². The molecule has 6 nitrogen and oxygen atoms in total. The summed E-state index contributed by atoms with van der Waals surface area (Å²) in [5.74, 6) is -0.426. The average molecular weight is 328 g/mol. The largest absolute Gasteiger partial charge is 0.414 e. The van der Waals surface area contributed by atoms with Gasteiger partial charge in [0.25, 0.3) is 5.91 Å². The van der Waals surface area contributed by atoms with E-state index in [0.717, 1.165) is 0 Å². The maximum absolute atomic E-state index is 12.5. The van der Waals surface area contributed by atoms with E-state index < -0.39 is 24.3 Å². The van der Waals surface area contributed by atoms with Crippen molar-refractivity contribution in [1.29, 1.82) is 0 Å². The summed E-state index contributed by atoms with van der Waals surface area (Å²) in [5.41, 5.74) is 7.01. The molecule has 2 unspecified atom stereocenters. The fraction of sp³-hybridized carbons (Fsp3) is 0.429. The van der Waals surface area contributed by atoms with Gasteiger partial charge in [0.1, 0.15) is 0 Å². The maximum atomic E-state index is 12.5. The zero-order valence-electron chi connectivity index (χ0n) is 12.0. The van der Waals surface area contributed by atoms with Crippen LogP contribution in [0.1, 0.15) is 23.2 Å². The Balaban J connectivity index is 1.62. The third-order valence-electron chi connectivity index (χ3n) is 3.75. The fourth-order valence-electron chi connectivity index (χ4n) is 2.57. The quantitative estimate of drug-likeness (QED) is 0.899. The van der Waals surface area contributed by atoms with E-state index in [1.165, 1.54) is 10.7 Å². The standard InChI is InChI=1S/C14H15F3N4O2/c15-14(16,17)12-2-1-9(23-12)6-19-13(22)10-7-20-21-4-3-8(18)5-11(10)21/h3-5,7,9,12H,1-2,6,18H2,(H,19,22). The lowest BCUT2D eigenvalue weighted by Gasteiger charge is -2.16. The minimum Gasteiger partial charge on any atom is -0.399 e. The smallest absolute Gasteiger partial charge is 0.399 e. The van der Waals surface area contributed by atoms with Crippen molar-refractivity contribution in [3.63, 3.8) is 0 Å². The Morgan fingerprint density at radius 2 is 2.26 bits per heavy atom. The van der Waals surface area contributed by atoms with Gasteiger partial charge in [-0.15, -0.1) is 0 Å². The summed E-state index contributed by atoms with van der Waals surface area (Å²) in [4.78, 5) is 12.2. The second-order valence-corrected chi connectivity index (χ2v) is 5.42. The van der Waals surface area contributed by atoms with Crippen LogP contribution < -0.4 is 11.1 Å². The molecule has 1 saturated heterocycles. The van der Waals surface area contributed by atoms with Crippen molar-refractivity contribution in [2.75, 3.05) is 12.3 Å². The lowest BCUT2D eigenvalue weighted by Crippen LogP contribution is -2.34. The molecule has 124 valence electrons. The lowest BCUT2D eigenvalue weighted by atomic mass is 10.2. The predicted molar refractivity (Wildman–Crippen MR) is 75.9 cm³/mol. The van der Waals surface area contributed by atoms with Crippen molar-refractivity contribution in [3.05, 3.63) is 30.1 Å². The van der Waals surface area contributed by atoms with Crippen LogP contribution in [0.5, 0.6) is 0 Å². The second kappa shape index (κ2) is 5.73. The first-order valence-corrected chi connectivity index (χ1v) is 7.08. The summed E-state index contributed by atoms with van der Waals surface area (Å²) in [6, 6.07) is 3.25. The SMILES string of the molecule is Nc1ccn2ncc(C(=O)NCC3CCC(C(F)(F)F)O3)c2c1. The Morgan fingerprint density at radius 1 is 1.48 bits per heavy atom. The van der Waals surface area contributed by atoms with Crippen molar-refractivity contribution in [3.8, 4) is 0 Å². The number of carbonyl (C=O) groups is 1. The first-order valence-electron chi connectivity index (χ1n) is 7.08. The number of ether oxygens (including phenoxy) is 1. The van der Waals surface area contributed by atoms with Crippen LogP contribution in [0.25, 0.3) is 5.52 Å². The highest BCUT2D eigenvalue weighted by atomic mass is 19.4. The van der Waals surface area contributed by atoms with E-state index >= 15 is 0 Å². The van der Waals surface area contributed by atoms with Crippen LogP contribution in [-0.4, -0.2) is 40.5 Å². The van der Waals surface area contributed by atoms with Crippen molar-refractivity contribution >= 4 is 17.1 Å². The maximum Gasteiger partial charge on any atom is 0.414 e. The molecule has 3 N–H and O–H groups in total. The molecule has 0 spiro atoms. The van der Waals surface area contributed by atoms with E-state index in [-0.39, 0.29) is 19.4 Å². The number of hydrogen-bond acceptors (Lipinski definition) is 4. The number of pyridine rings is 1. The third-order valence-corrected chi connectivity index (χ3v) is 3.75. The fourth-order valence-corrected chi connectivity index (χ4v) is 2.57. The summed E-state index contributed by atoms with van der Waals surface area (Å²) in [5, 5.41) is 6.61. The lowest BCUT2D eigenvalue weighted by molar-refractivity contribution is -0.214. The Kier molecular flexibility index (Phi) is 3.88. The predicted octanol–water partition coefficient (Wildman–Crippen LogP) is 1.76. The first-order chi connectivity index (χ1) is 10.8. The molecule has 2 aromatic rings. The third kappa shape index (κ3) is 3.24. The Bertz CT molecular complexity index is 728. The number of nitrogens with zero attached hydrogens (tertiary/aromatic N) is 2. The number of anilines is 1. The topological polar surface area (TPSA) is 81.7 Å². The van der Waals surface area contributed by atoms with Crippen molar-refractivity contribution in [1.82, 2.24) is 14.9 Å². The van der Waals surface area contributed by atoms with Gasteiger partial charge < -0.3 is 15.8 Å². The Labute approximate surface area is 129 Å². The van der Waals surface area contributed by atoms with Gasteiger partial charge in [-0.1, -0.05) is 0 Å². The molecule has 2 aromatic heterocycles. The summed E-state index contributed by atoms with van der Waals surface area (Å²) < 4.78 is 44.0. The highest BCUT2D eigenvalue weighted by molar-refractivity contribution is 6.00. The molecule has 1 aliphatic rings. The van der Waals surface area contributed by atoms with Gasteiger partial charge in [-0.05, 0) is 25.0 Å². The van der Waals surface area contributed by atoms with Gasteiger partial charge in [0, 0.05) is 18.4 Å². The highest BCUT2D eigenvalue weighted by Crippen LogP contribution is 2.32. The van der Waals surface area contributed by atoms with Gasteiger partial charge in [-0.2, -0.15) is 18.3 Å². The molecule has 1 amide bonds. The number of rotatable bonds is 3. The summed E-state index contributed by atoms with van der Waals surface area (Å²) in [7, 11) is 0. The molecule has 3 heterocycles. The molecule has 3 rings (SSSR count). The van der Waals surface area contributed by atoms with Gasteiger partial charge in [0.05, 0.1) is 23.4 Å². The monoisotopic (exact) mass is 328 g/mol. The van der Waals surface area contributed by atoms with E-state index in [2.05, 4.69) is 10.4 Å². The molecular formula is C14H15F3N4O2. The van der Waals surface area contributed by atoms with Crippen molar-refractivity contribution in [2.24, 2.45) is 0 Å². The van der Waals surface area contributed by atoms with Gasteiger partial charge in [-0.3, -0.25) is 4.79 Å². The normalized spacial score (nSPS) is 21.7.